The molecular weight excluding hydrogens is 470 g/mol. The van der Waals surface area contributed by atoms with Gasteiger partial charge in [-0.15, -0.1) is 0 Å². The Balaban J connectivity index is 1.43. The Morgan fingerprint density at radius 1 is 1.00 bits per heavy atom. The minimum atomic E-state index is -0.0217. The second-order valence-electron chi connectivity index (χ2n) is 10.1. The molecular formula is C30H36ClN3O2. The maximum Gasteiger partial charge on any atom is 0.242 e. The largest absolute Gasteiger partial charge is 0.345 e. The fourth-order valence-electron chi connectivity index (χ4n) is 4.83. The van der Waals surface area contributed by atoms with Gasteiger partial charge in [0.15, 0.2) is 0 Å². The first-order chi connectivity index (χ1) is 17.4. The van der Waals surface area contributed by atoms with Crippen molar-refractivity contribution in [3.63, 3.8) is 0 Å². The van der Waals surface area contributed by atoms with Gasteiger partial charge in [-0.25, -0.2) is 0 Å². The average molecular weight is 506 g/mol. The number of halogens is 1. The van der Waals surface area contributed by atoms with E-state index in [2.05, 4.69) is 36.6 Å². The molecule has 1 heterocycles. The lowest BCUT2D eigenvalue weighted by Crippen LogP contribution is -2.44. The summed E-state index contributed by atoms with van der Waals surface area (Å²) in [7, 11) is 0. The van der Waals surface area contributed by atoms with E-state index in [1.165, 1.54) is 5.56 Å². The first kappa shape index (κ1) is 26.0. The number of hydrogen-bond acceptors (Lipinski definition) is 2. The van der Waals surface area contributed by atoms with E-state index >= 15 is 0 Å². The van der Waals surface area contributed by atoms with Crippen LogP contribution in [0.3, 0.4) is 0 Å². The van der Waals surface area contributed by atoms with Crippen LogP contribution in [-0.2, 0) is 22.7 Å². The monoisotopic (exact) mass is 505 g/mol. The number of likely N-dealkylation sites (N-methyl/N-ethyl adjacent to an activating group) is 1. The lowest BCUT2D eigenvalue weighted by Gasteiger charge is -2.29. The van der Waals surface area contributed by atoms with E-state index in [9.17, 15) is 9.59 Å². The van der Waals surface area contributed by atoms with Crippen LogP contribution in [0.4, 0.5) is 0 Å². The van der Waals surface area contributed by atoms with Gasteiger partial charge < -0.3 is 14.4 Å². The van der Waals surface area contributed by atoms with Crippen LogP contribution < -0.4 is 0 Å². The number of rotatable bonds is 11. The van der Waals surface area contributed by atoms with Gasteiger partial charge in [0.2, 0.25) is 11.8 Å². The molecule has 0 radical (unpaired) electrons. The number of hydrogen-bond donors (Lipinski definition) is 0. The summed E-state index contributed by atoms with van der Waals surface area (Å²) in [6.45, 7) is 8.60. The fraction of sp³-hybridized carbons (Fsp3) is 0.400. The predicted molar refractivity (Wildman–Crippen MR) is 145 cm³/mol. The van der Waals surface area contributed by atoms with Crippen LogP contribution >= 0.6 is 11.6 Å². The van der Waals surface area contributed by atoms with Gasteiger partial charge >= 0.3 is 0 Å². The Bertz CT molecular complexity index is 1170. The van der Waals surface area contributed by atoms with Gasteiger partial charge in [0.25, 0.3) is 0 Å². The van der Waals surface area contributed by atoms with Gasteiger partial charge in [0.05, 0.1) is 13.1 Å². The Labute approximate surface area is 219 Å². The number of carbonyl (C=O) groups excluding carboxylic acids is 2. The molecule has 36 heavy (non-hydrogen) atoms. The molecule has 0 saturated heterocycles. The molecule has 2 unspecified atom stereocenters. The van der Waals surface area contributed by atoms with E-state index in [4.69, 9.17) is 11.6 Å². The highest BCUT2D eigenvalue weighted by molar-refractivity contribution is 6.31. The minimum absolute atomic E-state index is 0.0127. The zero-order valence-electron chi connectivity index (χ0n) is 21.4. The molecule has 0 spiro atoms. The van der Waals surface area contributed by atoms with Crippen LogP contribution in [0.1, 0.15) is 49.9 Å². The van der Waals surface area contributed by atoms with Crippen molar-refractivity contribution in [3.05, 3.63) is 94.8 Å². The van der Waals surface area contributed by atoms with Crippen molar-refractivity contribution < 1.29 is 9.59 Å². The number of aromatic nitrogens is 1. The summed E-state index contributed by atoms with van der Waals surface area (Å²) in [5.74, 6) is 0.638. The second kappa shape index (κ2) is 11.8. The van der Waals surface area contributed by atoms with Crippen molar-refractivity contribution in [2.24, 2.45) is 11.8 Å². The van der Waals surface area contributed by atoms with Crippen molar-refractivity contribution in [2.75, 3.05) is 19.6 Å². The molecule has 0 bridgehead atoms. The van der Waals surface area contributed by atoms with Gasteiger partial charge in [-0.1, -0.05) is 74.0 Å². The van der Waals surface area contributed by atoms with Crippen molar-refractivity contribution in [3.8, 4) is 0 Å². The molecule has 0 N–H and O–H groups in total. The average Bonchev–Trinajstić information content (AvgIpc) is 3.56. The van der Waals surface area contributed by atoms with Crippen molar-refractivity contribution in [2.45, 2.75) is 46.2 Å². The molecule has 2 amide bonds. The van der Waals surface area contributed by atoms with E-state index in [1.807, 2.05) is 66.6 Å². The van der Waals surface area contributed by atoms with E-state index in [-0.39, 0.29) is 30.2 Å². The summed E-state index contributed by atoms with van der Waals surface area (Å²) in [5, 5.41) is 0.734. The SMILES string of the molecule is CCN(CC(=O)N(Cc1cccn1Cc1ccccc1Cl)CC(C)C)C(=O)C1CC1c1ccccc1. The summed E-state index contributed by atoms with van der Waals surface area (Å²) >= 11 is 6.39. The van der Waals surface area contributed by atoms with Crippen LogP contribution in [0.25, 0.3) is 0 Å². The predicted octanol–water partition coefficient (Wildman–Crippen LogP) is 5.83. The highest BCUT2D eigenvalue weighted by Gasteiger charge is 2.45. The standard InChI is InChI=1S/C30H36ClN3O2/c1-4-32(30(36)27-17-26(27)23-11-6-5-7-12-23)21-29(35)34(18-22(2)3)20-25-14-10-16-33(25)19-24-13-8-9-15-28(24)31/h5-16,22,26-27H,4,17-21H2,1-3H3. The lowest BCUT2D eigenvalue weighted by molar-refractivity contribution is -0.141. The van der Waals surface area contributed by atoms with Gasteiger partial charge in [-0.3, -0.25) is 9.59 Å². The third kappa shape index (κ3) is 6.38. The Morgan fingerprint density at radius 3 is 2.42 bits per heavy atom. The van der Waals surface area contributed by atoms with Crippen molar-refractivity contribution >= 4 is 23.4 Å². The van der Waals surface area contributed by atoms with Crippen LogP contribution in [0.5, 0.6) is 0 Å². The van der Waals surface area contributed by atoms with Crippen LogP contribution in [0, 0.1) is 11.8 Å². The van der Waals surface area contributed by atoms with E-state index in [0.29, 0.717) is 32.1 Å². The third-order valence-corrected chi connectivity index (χ3v) is 7.24. The van der Waals surface area contributed by atoms with Crippen LogP contribution in [0.15, 0.2) is 72.9 Å². The Morgan fingerprint density at radius 2 is 1.72 bits per heavy atom. The molecule has 2 atom stereocenters. The molecule has 4 rings (SSSR count). The second-order valence-corrected chi connectivity index (χ2v) is 10.5. The summed E-state index contributed by atoms with van der Waals surface area (Å²) in [6, 6.07) is 22.1. The summed E-state index contributed by atoms with van der Waals surface area (Å²) < 4.78 is 2.14. The zero-order valence-corrected chi connectivity index (χ0v) is 22.2. The van der Waals surface area contributed by atoms with E-state index in [0.717, 1.165) is 22.7 Å². The van der Waals surface area contributed by atoms with E-state index < -0.39 is 0 Å². The molecule has 1 aliphatic carbocycles. The highest BCUT2D eigenvalue weighted by Crippen LogP contribution is 2.48. The third-order valence-electron chi connectivity index (χ3n) is 6.87. The molecule has 3 aromatic rings. The summed E-state index contributed by atoms with van der Waals surface area (Å²) in [6.07, 6.45) is 2.88. The maximum absolute atomic E-state index is 13.5. The van der Waals surface area contributed by atoms with Crippen molar-refractivity contribution in [1.82, 2.24) is 14.4 Å². The lowest BCUT2D eigenvalue weighted by atomic mass is 10.1. The molecule has 2 aromatic carbocycles. The number of carbonyl (C=O) groups is 2. The summed E-state index contributed by atoms with van der Waals surface area (Å²) in [5.41, 5.74) is 3.29. The van der Waals surface area contributed by atoms with Crippen LogP contribution in [0.2, 0.25) is 5.02 Å². The van der Waals surface area contributed by atoms with Gasteiger partial charge in [0.1, 0.15) is 0 Å². The van der Waals surface area contributed by atoms with Gasteiger partial charge in [0, 0.05) is 42.5 Å². The quantitative estimate of drug-likeness (QED) is 0.329. The molecule has 1 aromatic heterocycles. The number of benzene rings is 2. The van der Waals surface area contributed by atoms with Gasteiger partial charge in [-0.05, 0) is 54.5 Å². The first-order valence-corrected chi connectivity index (χ1v) is 13.2. The number of nitrogens with zero attached hydrogens (tertiary/aromatic N) is 3. The van der Waals surface area contributed by atoms with E-state index in [1.54, 1.807) is 4.90 Å². The topological polar surface area (TPSA) is 45.6 Å². The molecule has 6 heteroatoms. The fourth-order valence-corrected chi connectivity index (χ4v) is 5.02. The van der Waals surface area contributed by atoms with Crippen molar-refractivity contribution in [1.29, 1.82) is 0 Å². The maximum atomic E-state index is 13.5. The molecule has 1 fully saturated rings. The molecule has 0 aliphatic heterocycles. The molecule has 1 saturated carbocycles. The molecule has 1 aliphatic rings. The summed E-state index contributed by atoms with van der Waals surface area (Å²) in [4.78, 5) is 30.4. The van der Waals surface area contributed by atoms with Gasteiger partial charge in [-0.2, -0.15) is 0 Å². The Kier molecular flexibility index (Phi) is 8.52. The molecule has 5 nitrogen and oxygen atoms in total. The number of amides is 2. The Hall–Kier alpha value is -3.05. The normalized spacial score (nSPS) is 16.7. The minimum Gasteiger partial charge on any atom is -0.345 e. The smallest absolute Gasteiger partial charge is 0.242 e. The molecule has 190 valence electrons. The van der Waals surface area contributed by atoms with Crippen LogP contribution in [-0.4, -0.2) is 45.8 Å². The zero-order chi connectivity index (χ0) is 25.7. The first-order valence-electron chi connectivity index (χ1n) is 12.9. The highest BCUT2D eigenvalue weighted by atomic mass is 35.5.